The highest BCUT2D eigenvalue weighted by Gasteiger charge is 2.49. The second kappa shape index (κ2) is 8.84. The van der Waals surface area contributed by atoms with E-state index in [2.05, 4.69) is 133 Å². The molecule has 2 aromatic heterocycles. The van der Waals surface area contributed by atoms with Crippen molar-refractivity contribution in [3.8, 4) is 0 Å². The zero-order valence-corrected chi connectivity index (χ0v) is 21.6. The van der Waals surface area contributed by atoms with Crippen LogP contribution in [0.5, 0.6) is 0 Å². The standard InChI is InChI=1S/C31H24S2Si/c1-34(25-17-9-4-10-18-25)30(26-19-11-21-32-26)28(23-13-5-2-6-14-23)29(24-15-7-3-8-16-24)31(34)27-20-12-22-33-27/h2-22H,1H3. The Morgan fingerprint density at radius 1 is 0.471 bits per heavy atom. The highest BCUT2D eigenvalue weighted by molar-refractivity contribution is 7.27. The van der Waals surface area contributed by atoms with Gasteiger partial charge in [0.15, 0.2) is 8.07 Å². The zero-order chi connectivity index (χ0) is 23.0. The Morgan fingerprint density at radius 3 is 1.26 bits per heavy atom. The van der Waals surface area contributed by atoms with Gasteiger partial charge in [-0.15, -0.1) is 22.7 Å². The molecular formula is C31H24S2Si. The van der Waals surface area contributed by atoms with E-state index in [1.54, 1.807) is 0 Å². The lowest BCUT2D eigenvalue weighted by Gasteiger charge is -2.30. The summed E-state index contributed by atoms with van der Waals surface area (Å²) in [7, 11) is -2.34. The van der Waals surface area contributed by atoms with E-state index in [-0.39, 0.29) is 0 Å². The molecule has 0 unspecified atom stereocenters. The molecule has 6 rings (SSSR count). The van der Waals surface area contributed by atoms with Crippen LogP contribution in [0.2, 0.25) is 6.55 Å². The molecule has 1 aliphatic heterocycles. The molecule has 0 spiro atoms. The third-order valence-corrected chi connectivity index (χ3v) is 13.4. The van der Waals surface area contributed by atoms with Crippen molar-refractivity contribution in [2.75, 3.05) is 0 Å². The average Bonchev–Trinajstić information content (AvgIpc) is 3.66. The lowest BCUT2D eigenvalue weighted by Crippen LogP contribution is -2.46. The summed E-state index contributed by atoms with van der Waals surface area (Å²) in [6.45, 7) is 2.56. The third kappa shape index (κ3) is 3.40. The van der Waals surface area contributed by atoms with Crippen LogP contribution in [0.3, 0.4) is 0 Å². The van der Waals surface area contributed by atoms with Crippen LogP contribution in [0.1, 0.15) is 20.9 Å². The van der Waals surface area contributed by atoms with E-state index in [0.717, 1.165) is 0 Å². The number of hydrogen-bond acceptors (Lipinski definition) is 2. The van der Waals surface area contributed by atoms with Crippen LogP contribution in [0, 0.1) is 0 Å². The van der Waals surface area contributed by atoms with Gasteiger partial charge in [-0.3, -0.25) is 0 Å². The number of allylic oxidation sites excluding steroid dienone is 2. The lowest BCUT2D eigenvalue weighted by molar-refractivity contribution is 1.60. The van der Waals surface area contributed by atoms with Crippen molar-refractivity contribution in [2.45, 2.75) is 6.55 Å². The smallest absolute Gasteiger partial charge is 0.145 e. The SMILES string of the molecule is C[Si]1(c2ccccc2)C(c2cccs2)=C(c2ccccc2)C(c2ccccc2)=C1c1cccs1. The van der Waals surface area contributed by atoms with Gasteiger partial charge in [0, 0.05) is 9.75 Å². The minimum absolute atomic E-state index is 1.30. The number of rotatable bonds is 5. The summed E-state index contributed by atoms with van der Waals surface area (Å²) < 4.78 is 0. The van der Waals surface area contributed by atoms with Crippen molar-refractivity contribution in [3.63, 3.8) is 0 Å². The van der Waals surface area contributed by atoms with Crippen LogP contribution in [-0.2, 0) is 0 Å². The van der Waals surface area contributed by atoms with Gasteiger partial charge in [-0.05, 0) is 60.7 Å². The Labute approximate surface area is 210 Å². The van der Waals surface area contributed by atoms with Crippen molar-refractivity contribution >= 4 is 57.5 Å². The molecule has 1 aliphatic rings. The van der Waals surface area contributed by atoms with Crippen LogP contribution < -0.4 is 5.19 Å². The van der Waals surface area contributed by atoms with Crippen LogP contribution >= 0.6 is 22.7 Å². The molecule has 0 nitrogen and oxygen atoms in total. The molecule has 0 aliphatic carbocycles. The Kier molecular flexibility index (Phi) is 5.54. The Hall–Kier alpha value is -3.24. The number of benzene rings is 3. The Morgan fingerprint density at radius 2 is 0.882 bits per heavy atom. The maximum Gasteiger partial charge on any atom is 0.150 e. The van der Waals surface area contributed by atoms with Gasteiger partial charge in [-0.2, -0.15) is 0 Å². The van der Waals surface area contributed by atoms with E-state index >= 15 is 0 Å². The minimum atomic E-state index is -2.34. The third-order valence-electron chi connectivity index (χ3n) is 6.76. The van der Waals surface area contributed by atoms with E-state index in [1.165, 1.54) is 47.6 Å². The minimum Gasteiger partial charge on any atom is -0.145 e. The first-order chi connectivity index (χ1) is 16.8. The molecule has 0 N–H and O–H groups in total. The number of thiophene rings is 2. The molecule has 0 atom stereocenters. The molecule has 0 saturated carbocycles. The van der Waals surface area contributed by atoms with Crippen molar-refractivity contribution in [1.82, 2.24) is 0 Å². The molecule has 0 amide bonds. The van der Waals surface area contributed by atoms with E-state index in [1.807, 2.05) is 22.7 Å². The van der Waals surface area contributed by atoms with E-state index in [4.69, 9.17) is 0 Å². The predicted molar refractivity (Wildman–Crippen MR) is 153 cm³/mol. The fourth-order valence-electron chi connectivity index (χ4n) is 5.30. The van der Waals surface area contributed by atoms with Gasteiger partial charge < -0.3 is 0 Å². The molecule has 34 heavy (non-hydrogen) atoms. The largest absolute Gasteiger partial charge is 0.150 e. The van der Waals surface area contributed by atoms with Crippen LogP contribution in [0.4, 0.5) is 0 Å². The fourth-order valence-corrected chi connectivity index (χ4v) is 12.6. The van der Waals surface area contributed by atoms with Gasteiger partial charge in [0.2, 0.25) is 0 Å². The Bertz CT molecular complexity index is 1370. The summed E-state index contributed by atoms with van der Waals surface area (Å²) >= 11 is 3.73. The highest BCUT2D eigenvalue weighted by Crippen LogP contribution is 2.56. The first-order valence-electron chi connectivity index (χ1n) is 11.5. The average molecular weight is 489 g/mol. The first kappa shape index (κ1) is 21.3. The molecule has 3 aromatic carbocycles. The molecule has 0 saturated heterocycles. The van der Waals surface area contributed by atoms with Crippen LogP contribution in [0.15, 0.2) is 126 Å². The van der Waals surface area contributed by atoms with Gasteiger partial charge in [-0.25, -0.2) is 0 Å². The molecule has 3 heterocycles. The van der Waals surface area contributed by atoms with Gasteiger partial charge >= 0.3 is 0 Å². The summed E-state index contributed by atoms with van der Waals surface area (Å²) in [5.41, 5.74) is 5.39. The van der Waals surface area contributed by atoms with Gasteiger partial charge in [0.25, 0.3) is 0 Å². The lowest BCUT2D eigenvalue weighted by atomic mass is 9.91. The summed E-state index contributed by atoms with van der Waals surface area (Å²) in [5.74, 6) is 0. The Balaban J connectivity index is 1.81. The fraction of sp³-hybridized carbons (Fsp3) is 0.0323. The first-order valence-corrected chi connectivity index (χ1v) is 15.8. The normalized spacial score (nSPS) is 15.2. The summed E-state index contributed by atoms with van der Waals surface area (Å²) in [6.07, 6.45) is 0. The van der Waals surface area contributed by atoms with Gasteiger partial charge in [0.1, 0.15) is 0 Å². The molecule has 0 bridgehead atoms. The molecule has 0 radical (unpaired) electrons. The van der Waals surface area contributed by atoms with Crippen molar-refractivity contribution < 1.29 is 0 Å². The summed E-state index contributed by atoms with van der Waals surface area (Å²) in [6, 6.07) is 42.3. The summed E-state index contributed by atoms with van der Waals surface area (Å²) in [5, 5.41) is 8.96. The van der Waals surface area contributed by atoms with Gasteiger partial charge in [0.05, 0.1) is 0 Å². The molecule has 3 heteroatoms. The van der Waals surface area contributed by atoms with E-state index < -0.39 is 8.07 Å². The molecule has 0 fully saturated rings. The topological polar surface area (TPSA) is 0 Å². The summed E-state index contributed by atoms with van der Waals surface area (Å²) in [4.78, 5) is 2.77. The second-order valence-corrected chi connectivity index (χ2v) is 14.4. The number of hydrogen-bond donors (Lipinski definition) is 0. The molecule has 164 valence electrons. The van der Waals surface area contributed by atoms with Crippen molar-refractivity contribution in [1.29, 1.82) is 0 Å². The van der Waals surface area contributed by atoms with Crippen LogP contribution in [0.25, 0.3) is 21.5 Å². The quantitative estimate of drug-likeness (QED) is 0.218. The molecular weight excluding hydrogens is 465 g/mol. The predicted octanol–water partition coefficient (Wildman–Crippen LogP) is 8.41. The second-order valence-electron chi connectivity index (χ2n) is 8.68. The highest BCUT2D eigenvalue weighted by atomic mass is 32.1. The van der Waals surface area contributed by atoms with Crippen molar-refractivity contribution in [2.24, 2.45) is 0 Å². The monoisotopic (exact) mass is 488 g/mol. The molecule has 5 aromatic rings. The zero-order valence-electron chi connectivity index (χ0n) is 18.9. The van der Waals surface area contributed by atoms with E-state index in [9.17, 15) is 0 Å². The maximum atomic E-state index is 2.56. The van der Waals surface area contributed by atoms with E-state index in [0.29, 0.717) is 0 Å². The van der Waals surface area contributed by atoms with Gasteiger partial charge in [-0.1, -0.05) is 110 Å². The maximum absolute atomic E-state index is 2.56. The van der Waals surface area contributed by atoms with Crippen LogP contribution in [-0.4, -0.2) is 8.07 Å². The van der Waals surface area contributed by atoms with Crippen molar-refractivity contribution in [3.05, 3.63) is 147 Å².